The van der Waals surface area contributed by atoms with Gasteiger partial charge in [-0.25, -0.2) is 9.37 Å². The smallest absolute Gasteiger partial charge is 0.246 e. The molecule has 124 valence electrons. The summed E-state index contributed by atoms with van der Waals surface area (Å²) in [6, 6.07) is 8.71. The summed E-state index contributed by atoms with van der Waals surface area (Å²) in [6.07, 6.45) is 6.75. The van der Waals surface area contributed by atoms with Crippen LogP contribution in [0.15, 0.2) is 53.3 Å². The molecule has 1 fully saturated rings. The Morgan fingerprint density at radius 3 is 2.54 bits per heavy atom. The van der Waals surface area contributed by atoms with Crippen molar-refractivity contribution in [3.8, 4) is 0 Å². The summed E-state index contributed by atoms with van der Waals surface area (Å²) in [5.41, 5.74) is 1.55. The fourth-order valence-electron chi connectivity index (χ4n) is 2.68. The Balaban J connectivity index is 1.59. The minimum absolute atomic E-state index is 0.0876. The molecule has 4 nitrogen and oxygen atoms in total. The van der Waals surface area contributed by atoms with Crippen LogP contribution in [0.2, 0.25) is 0 Å². The molecule has 0 aliphatic carbocycles. The van der Waals surface area contributed by atoms with Crippen molar-refractivity contribution in [1.82, 2.24) is 4.90 Å². The number of carbonyl (C=O) groups excluding carboxylic acids is 1. The van der Waals surface area contributed by atoms with Gasteiger partial charge in [-0.3, -0.25) is 4.79 Å². The molecule has 2 heterocycles. The SMILES string of the molecule is O=C(/C=C/c1cc(Br)ccc1F)N1CCN(c2cc[nH+]cc2)CC1. The van der Waals surface area contributed by atoms with Crippen molar-refractivity contribution < 1.29 is 14.2 Å². The molecule has 0 radical (unpaired) electrons. The van der Waals surface area contributed by atoms with Crippen LogP contribution in [0.3, 0.4) is 0 Å². The quantitative estimate of drug-likeness (QED) is 0.755. The van der Waals surface area contributed by atoms with Crippen molar-refractivity contribution >= 4 is 33.6 Å². The Morgan fingerprint density at radius 1 is 1.12 bits per heavy atom. The minimum Gasteiger partial charge on any atom is -0.368 e. The van der Waals surface area contributed by atoms with Gasteiger partial charge in [0.05, 0.1) is 0 Å². The minimum atomic E-state index is -0.340. The van der Waals surface area contributed by atoms with E-state index in [1.165, 1.54) is 18.2 Å². The molecule has 1 N–H and O–H groups in total. The molecule has 1 aromatic carbocycles. The van der Waals surface area contributed by atoms with Crippen molar-refractivity contribution in [2.75, 3.05) is 31.1 Å². The van der Waals surface area contributed by atoms with Crippen molar-refractivity contribution in [1.29, 1.82) is 0 Å². The van der Waals surface area contributed by atoms with Crippen LogP contribution in [0.4, 0.5) is 10.1 Å². The highest BCUT2D eigenvalue weighted by Gasteiger charge is 2.20. The number of aromatic nitrogens is 1. The predicted octanol–water partition coefficient (Wildman–Crippen LogP) is 2.76. The zero-order valence-corrected chi connectivity index (χ0v) is 14.7. The van der Waals surface area contributed by atoms with Gasteiger partial charge < -0.3 is 9.80 Å². The summed E-state index contributed by atoms with van der Waals surface area (Å²) < 4.78 is 14.5. The number of anilines is 1. The molecule has 3 rings (SSSR count). The zero-order chi connectivity index (χ0) is 16.9. The second-order valence-electron chi connectivity index (χ2n) is 5.57. The van der Waals surface area contributed by atoms with E-state index in [1.807, 2.05) is 24.5 Å². The second kappa shape index (κ2) is 7.57. The van der Waals surface area contributed by atoms with Crippen LogP contribution in [0.1, 0.15) is 5.56 Å². The maximum atomic E-state index is 13.7. The normalized spacial score (nSPS) is 15.1. The van der Waals surface area contributed by atoms with Crippen LogP contribution in [0, 0.1) is 5.82 Å². The van der Waals surface area contributed by atoms with E-state index in [2.05, 4.69) is 25.8 Å². The van der Waals surface area contributed by atoms with E-state index in [-0.39, 0.29) is 11.7 Å². The van der Waals surface area contributed by atoms with Crippen LogP contribution in [-0.4, -0.2) is 37.0 Å². The molecular formula is C18H18BrFN3O+. The molecular weight excluding hydrogens is 373 g/mol. The Hall–Kier alpha value is -2.21. The molecule has 0 spiro atoms. The van der Waals surface area contributed by atoms with Gasteiger partial charge in [0.2, 0.25) is 5.91 Å². The lowest BCUT2D eigenvalue weighted by Crippen LogP contribution is -2.48. The van der Waals surface area contributed by atoms with Gasteiger partial charge in [0.25, 0.3) is 0 Å². The number of benzene rings is 1. The highest BCUT2D eigenvalue weighted by atomic mass is 79.9. The van der Waals surface area contributed by atoms with Crippen molar-refractivity contribution in [2.45, 2.75) is 0 Å². The van der Waals surface area contributed by atoms with Gasteiger partial charge >= 0.3 is 0 Å². The lowest BCUT2D eigenvalue weighted by molar-refractivity contribution is -0.377. The first-order chi connectivity index (χ1) is 11.6. The fourth-order valence-corrected chi connectivity index (χ4v) is 3.06. The number of nitrogens with one attached hydrogen (secondary N) is 1. The average Bonchev–Trinajstić information content (AvgIpc) is 2.63. The van der Waals surface area contributed by atoms with E-state index in [0.29, 0.717) is 18.7 Å². The number of aromatic amines is 1. The summed E-state index contributed by atoms with van der Waals surface area (Å²) >= 11 is 3.31. The van der Waals surface area contributed by atoms with E-state index in [4.69, 9.17) is 0 Å². The number of amides is 1. The standard InChI is InChI=1S/C18H17BrFN3O/c19-15-2-3-17(20)14(13-15)1-4-18(24)23-11-9-22(10-12-23)16-5-7-21-8-6-16/h1-8,13H,9-12H2/p+1/b4-1+. The molecule has 0 unspecified atom stereocenters. The summed E-state index contributed by atoms with van der Waals surface area (Å²) in [6.45, 7) is 2.88. The molecule has 1 amide bonds. The zero-order valence-electron chi connectivity index (χ0n) is 13.1. The van der Waals surface area contributed by atoms with Crippen molar-refractivity contribution in [3.63, 3.8) is 0 Å². The van der Waals surface area contributed by atoms with E-state index >= 15 is 0 Å². The van der Waals surface area contributed by atoms with Crippen LogP contribution in [-0.2, 0) is 4.79 Å². The lowest BCUT2D eigenvalue weighted by atomic mass is 10.2. The van der Waals surface area contributed by atoms with Crippen LogP contribution >= 0.6 is 15.9 Å². The van der Waals surface area contributed by atoms with Gasteiger partial charge in [0, 0.05) is 60.1 Å². The molecule has 1 aliphatic rings. The topological polar surface area (TPSA) is 37.7 Å². The van der Waals surface area contributed by atoms with E-state index < -0.39 is 0 Å². The molecule has 24 heavy (non-hydrogen) atoms. The summed E-state index contributed by atoms with van der Waals surface area (Å²) in [7, 11) is 0. The third-order valence-electron chi connectivity index (χ3n) is 4.02. The van der Waals surface area contributed by atoms with Crippen LogP contribution < -0.4 is 9.88 Å². The number of halogens is 2. The van der Waals surface area contributed by atoms with Crippen LogP contribution in [0.25, 0.3) is 6.08 Å². The second-order valence-corrected chi connectivity index (χ2v) is 6.49. The molecule has 0 atom stereocenters. The van der Waals surface area contributed by atoms with Gasteiger partial charge in [-0.15, -0.1) is 0 Å². The summed E-state index contributed by atoms with van der Waals surface area (Å²) in [5, 5.41) is 0. The molecule has 2 aromatic rings. The number of rotatable bonds is 3. The van der Waals surface area contributed by atoms with Crippen molar-refractivity contribution in [3.05, 3.63) is 64.7 Å². The lowest BCUT2D eigenvalue weighted by Gasteiger charge is -2.35. The number of pyridine rings is 1. The molecule has 6 heteroatoms. The summed E-state index contributed by atoms with van der Waals surface area (Å²) in [5.74, 6) is -0.427. The number of hydrogen-bond acceptors (Lipinski definition) is 2. The van der Waals surface area contributed by atoms with Gasteiger partial charge in [-0.1, -0.05) is 15.9 Å². The highest BCUT2D eigenvalue weighted by molar-refractivity contribution is 9.10. The third-order valence-corrected chi connectivity index (χ3v) is 4.51. The maximum absolute atomic E-state index is 13.7. The number of piperazine rings is 1. The average molecular weight is 391 g/mol. The molecule has 1 aliphatic heterocycles. The number of carbonyl (C=O) groups is 1. The van der Waals surface area contributed by atoms with Gasteiger partial charge in [-0.2, -0.15) is 0 Å². The Morgan fingerprint density at radius 2 is 1.83 bits per heavy atom. The first kappa shape index (κ1) is 16.6. The predicted molar refractivity (Wildman–Crippen MR) is 94.9 cm³/mol. The van der Waals surface area contributed by atoms with Crippen LogP contribution in [0.5, 0.6) is 0 Å². The first-order valence-electron chi connectivity index (χ1n) is 7.76. The molecule has 1 saturated heterocycles. The van der Waals surface area contributed by atoms with Crippen molar-refractivity contribution in [2.24, 2.45) is 0 Å². The Bertz CT molecular complexity index is 743. The van der Waals surface area contributed by atoms with E-state index in [1.54, 1.807) is 17.0 Å². The van der Waals surface area contributed by atoms with E-state index in [9.17, 15) is 9.18 Å². The largest absolute Gasteiger partial charge is 0.368 e. The molecule has 0 saturated carbocycles. The maximum Gasteiger partial charge on any atom is 0.246 e. The van der Waals surface area contributed by atoms with Gasteiger partial charge in [0.1, 0.15) is 5.82 Å². The Kier molecular flexibility index (Phi) is 5.25. The Labute approximate surface area is 148 Å². The monoisotopic (exact) mass is 390 g/mol. The fraction of sp³-hybridized carbons (Fsp3) is 0.222. The summed E-state index contributed by atoms with van der Waals surface area (Å²) in [4.78, 5) is 19.3. The first-order valence-corrected chi connectivity index (χ1v) is 8.56. The molecule has 0 bridgehead atoms. The number of nitrogens with zero attached hydrogens (tertiary/aromatic N) is 2. The van der Waals surface area contributed by atoms with Gasteiger partial charge in [-0.05, 0) is 24.3 Å². The van der Waals surface area contributed by atoms with E-state index in [0.717, 1.165) is 23.2 Å². The van der Waals surface area contributed by atoms with Gasteiger partial charge in [0.15, 0.2) is 12.4 Å². The number of hydrogen-bond donors (Lipinski definition) is 0. The number of H-pyrrole nitrogens is 1. The third kappa shape index (κ3) is 4.00. The molecule has 1 aromatic heterocycles. The highest BCUT2D eigenvalue weighted by Crippen LogP contribution is 2.17.